The highest BCUT2D eigenvalue weighted by Crippen LogP contribution is 2.24. The Kier molecular flexibility index (Phi) is 4.35. The van der Waals surface area contributed by atoms with E-state index in [0.717, 1.165) is 24.4 Å². The van der Waals surface area contributed by atoms with E-state index in [4.69, 9.17) is 5.73 Å². The number of rotatable bonds is 3. The Balaban J connectivity index is 2.09. The topological polar surface area (TPSA) is 59.2 Å². The number of nitrogens with zero attached hydrogens (tertiary/aromatic N) is 2. The summed E-state index contributed by atoms with van der Waals surface area (Å²) in [4.78, 5) is 18.8. The molecule has 0 radical (unpaired) electrons. The van der Waals surface area contributed by atoms with E-state index in [1.54, 1.807) is 0 Å². The lowest BCUT2D eigenvalue weighted by Gasteiger charge is -2.37. The number of thiazole rings is 1. The van der Waals surface area contributed by atoms with Crippen LogP contribution in [0.3, 0.4) is 0 Å². The highest BCUT2D eigenvalue weighted by Gasteiger charge is 2.29. The quantitative estimate of drug-likeness (QED) is 0.910. The zero-order valence-electron chi connectivity index (χ0n) is 11.1. The molecule has 2 rings (SSSR count). The number of amides is 1. The first-order valence-corrected chi connectivity index (χ1v) is 7.47. The zero-order chi connectivity index (χ0) is 13.1. The van der Waals surface area contributed by atoms with Crippen LogP contribution in [0, 0.1) is 5.92 Å². The molecule has 1 aromatic heterocycles. The molecule has 1 aliphatic rings. The maximum Gasteiger partial charge on any atom is 0.273 e. The van der Waals surface area contributed by atoms with Gasteiger partial charge in [0.25, 0.3) is 5.91 Å². The molecule has 2 atom stereocenters. The van der Waals surface area contributed by atoms with Gasteiger partial charge in [-0.15, -0.1) is 11.3 Å². The van der Waals surface area contributed by atoms with E-state index >= 15 is 0 Å². The number of carbonyl (C=O) groups is 1. The fraction of sp³-hybridized carbons (Fsp3) is 0.692. The summed E-state index contributed by atoms with van der Waals surface area (Å²) in [6, 6.07) is 0.311. The van der Waals surface area contributed by atoms with Gasteiger partial charge in [0.05, 0.1) is 5.01 Å². The Morgan fingerprint density at radius 3 is 3.11 bits per heavy atom. The standard InChI is InChI=1S/C13H21N3OS/c1-9-4-3-7-16(10(9)2)13(17)11-8-18-12(15-11)5-6-14/h8-10H,3-7,14H2,1-2H3. The summed E-state index contributed by atoms with van der Waals surface area (Å²) in [7, 11) is 0. The Labute approximate surface area is 112 Å². The normalized spacial score (nSPS) is 24.3. The van der Waals surface area contributed by atoms with Crippen molar-refractivity contribution in [3.8, 4) is 0 Å². The van der Waals surface area contributed by atoms with Crippen LogP contribution in [0.4, 0.5) is 0 Å². The molecule has 1 saturated heterocycles. The molecule has 0 bridgehead atoms. The van der Waals surface area contributed by atoms with Crippen LogP contribution in [0.2, 0.25) is 0 Å². The van der Waals surface area contributed by atoms with Crippen molar-refractivity contribution < 1.29 is 4.79 Å². The minimum atomic E-state index is 0.0774. The van der Waals surface area contributed by atoms with Crippen LogP contribution in [0.15, 0.2) is 5.38 Å². The van der Waals surface area contributed by atoms with E-state index < -0.39 is 0 Å². The summed E-state index contributed by atoms with van der Waals surface area (Å²) in [5.41, 5.74) is 6.09. The van der Waals surface area contributed by atoms with Crippen LogP contribution >= 0.6 is 11.3 Å². The Hall–Kier alpha value is -0.940. The number of piperidine rings is 1. The van der Waals surface area contributed by atoms with Crippen LogP contribution in [0.1, 0.15) is 42.2 Å². The smallest absolute Gasteiger partial charge is 0.273 e. The van der Waals surface area contributed by atoms with Crippen molar-refractivity contribution in [1.29, 1.82) is 0 Å². The number of aromatic nitrogens is 1. The first-order valence-electron chi connectivity index (χ1n) is 6.59. The van der Waals surface area contributed by atoms with Crippen molar-refractivity contribution in [2.45, 2.75) is 39.2 Å². The van der Waals surface area contributed by atoms with E-state index in [0.29, 0.717) is 24.2 Å². The molecule has 0 spiro atoms. The Bertz CT molecular complexity index is 418. The minimum Gasteiger partial charge on any atom is -0.334 e. The van der Waals surface area contributed by atoms with Gasteiger partial charge in [-0.05, 0) is 32.2 Å². The third kappa shape index (κ3) is 2.72. The largest absolute Gasteiger partial charge is 0.334 e. The molecule has 2 heterocycles. The second kappa shape index (κ2) is 5.80. The lowest BCUT2D eigenvalue weighted by Crippen LogP contribution is -2.46. The van der Waals surface area contributed by atoms with E-state index in [-0.39, 0.29) is 5.91 Å². The fourth-order valence-electron chi connectivity index (χ4n) is 2.42. The summed E-state index contributed by atoms with van der Waals surface area (Å²) in [6.45, 7) is 5.78. The number of carbonyl (C=O) groups excluding carboxylic acids is 1. The zero-order valence-corrected chi connectivity index (χ0v) is 11.9. The molecular weight excluding hydrogens is 246 g/mol. The van der Waals surface area contributed by atoms with Gasteiger partial charge in [0.15, 0.2) is 0 Å². The van der Waals surface area contributed by atoms with Gasteiger partial charge in [0.2, 0.25) is 0 Å². The van der Waals surface area contributed by atoms with Gasteiger partial charge in [-0.1, -0.05) is 6.92 Å². The number of hydrogen-bond acceptors (Lipinski definition) is 4. The second-order valence-electron chi connectivity index (χ2n) is 5.02. The summed E-state index contributed by atoms with van der Waals surface area (Å²) >= 11 is 1.53. The summed E-state index contributed by atoms with van der Waals surface area (Å²) in [5.74, 6) is 0.651. The van der Waals surface area contributed by atoms with Crippen molar-refractivity contribution in [1.82, 2.24) is 9.88 Å². The summed E-state index contributed by atoms with van der Waals surface area (Å²) in [6.07, 6.45) is 3.06. The van der Waals surface area contributed by atoms with Gasteiger partial charge < -0.3 is 10.6 Å². The van der Waals surface area contributed by atoms with E-state index in [1.165, 1.54) is 17.8 Å². The molecule has 4 nitrogen and oxygen atoms in total. The number of nitrogens with two attached hydrogens (primary N) is 1. The highest BCUT2D eigenvalue weighted by molar-refractivity contribution is 7.09. The van der Waals surface area contributed by atoms with Crippen LogP contribution in [-0.4, -0.2) is 34.9 Å². The van der Waals surface area contributed by atoms with Gasteiger partial charge in [-0.25, -0.2) is 4.98 Å². The molecule has 1 aliphatic heterocycles. The van der Waals surface area contributed by atoms with Crippen LogP contribution in [0.25, 0.3) is 0 Å². The third-order valence-electron chi connectivity index (χ3n) is 3.76. The van der Waals surface area contributed by atoms with Crippen molar-refractivity contribution >= 4 is 17.2 Å². The monoisotopic (exact) mass is 267 g/mol. The van der Waals surface area contributed by atoms with E-state index in [2.05, 4.69) is 18.8 Å². The van der Waals surface area contributed by atoms with Gasteiger partial charge in [-0.3, -0.25) is 4.79 Å². The molecular formula is C13H21N3OS. The summed E-state index contributed by atoms with van der Waals surface area (Å²) in [5, 5.41) is 2.82. The number of hydrogen-bond donors (Lipinski definition) is 1. The first-order chi connectivity index (χ1) is 8.63. The van der Waals surface area contributed by atoms with Gasteiger partial charge >= 0.3 is 0 Å². The van der Waals surface area contributed by atoms with Gasteiger partial charge in [-0.2, -0.15) is 0 Å². The Morgan fingerprint density at radius 2 is 2.39 bits per heavy atom. The van der Waals surface area contributed by atoms with Crippen LogP contribution in [0.5, 0.6) is 0 Å². The lowest BCUT2D eigenvalue weighted by molar-refractivity contribution is 0.0545. The van der Waals surface area contributed by atoms with Crippen molar-refractivity contribution in [2.24, 2.45) is 11.7 Å². The third-order valence-corrected chi connectivity index (χ3v) is 4.67. The van der Waals surface area contributed by atoms with Crippen molar-refractivity contribution in [3.05, 3.63) is 16.1 Å². The molecule has 18 heavy (non-hydrogen) atoms. The first kappa shape index (κ1) is 13.5. The summed E-state index contributed by atoms with van der Waals surface area (Å²) < 4.78 is 0. The van der Waals surface area contributed by atoms with Gasteiger partial charge in [0, 0.05) is 24.4 Å². The molecule has 1 aromatic rings. The molecule has 2 N–H and O–H groups in total. The van der Waals surface area contributed by atoms with E-state index in [1.807, 2.05) is 10.3 Å². The molecule has 1 amide bonds. The van der Waals surface area contributed by atoms with Gasteiger partial charge in [0.1, 0.15) is 5.69 Å². The van der Waals surface area contributed by atoms with Crippen molar-refractivity contribution in [2.75, 3.05) is 13.1 Å². The molecule has 0 aliphatic carbocycles. The minimum absolute atomic E-state index is 0.0774. The predicted molar refractivity (Wildman–Crippen MR) is 73.8 cm³/mol. The van der Waals surface area contributed by atoms with Crippen LogP contribution < -0.4 is 5.73 Å². The maximum atomic E-state index is 12.4. The average molecular weight is 267 g/mol. The lowest BCUT2D eigenvalue weighted by atomic mass is 9.92. The SMILES string of the molecule is CC1CCCN(C(=O)c2csc(CCN)n2)C1C. The van der Waals surface area contributed by atoms with E-state index in [9.17, 15) is 4.79 Å². The predicted octanol–water partition coefficient (Wildman–Crippen LogP) is 1.90. The molecule has 5 heteroatoms. The highest BCUT2D eigenvalue weighted by atomic mass is 32.1. The molecule has 0 aromatic carbocycles. The van der Waals surface area contributed by atoms with Crippen LogP contribution in [-0.2, 0) is 6.42 Å². The van der Waals surface area contributed by atoms with Crippen molar-refractivity contribution in [3.63, 3.8) is 0 Å². The molecule has 1 fully saturated rings. The molecule has 100 valence electrons. The Morgan fingerprint density at radius 1 is 1.61 bits per heavy atom. The maximum absolute atomic E-state index is 12.4. The average Bonchev–Trinajstić information content (AvgIpc) is 2.81. The number of likely N-dealkylation sites (tertiary alicyclic amines) is 1. The molecule has 2 unspecified atom stereocenters. The fourth-order valence-corrected chi connectivity index (χ4v) is 3.20. The second-order valence-corrected chi connectivity index (χ2v) is 5.97. The molecule has 0 saturated carbocycles.